The van der Waals surface area contributed by atoms with Crippen LogP contribution in [0.15, 0.2) is 30.3 Å². The number of unbranched alkanes of at least 4 members (excludes halogenated alkanes) is 5. The van der Waals surface area contributed by atoms with E-state index in [1.807, 2.05) is 0 Å². The lowest BCUT2D eigenvalue weighted by Gasteiger charge is -2.24. The van der Waals surface area contributed by atoms with Gasteiger partial charge in [0.2, 0.25) is 0 Å². The Morgan fingerprint density at radius 1 is 1.00 bits per heavy atom. The highest BCUT2D eigenvalue weighted by Crippen LogP contribution is 2.24. The zero-order chi connectivity index (χ0) is 14.0. The first-order chi connectivity index (χ1) is 9.90. The first kappa shape index (κ1) is 15.6. The van der Waals surface area contributed by atoms with Gasteiger partial charge in [-0.05, 0) is 31.4 Å². The van der Waals surface area contributed by atoms with E-state index in [1.165, 1.54) is 69.9 Å². The summed E-state index contributed by atoms with van der Waals surface area (Å²) >= 11 is 0. The lowest BCUT2D eigenvalue weighted by molar-refractivity contribution is 0.230. The van der Waals surface area contributed by atoms with Gasteiger partial charge in [0.25, 0.3) is 0 Å². The second-order valence-corrected chi connectivity index (χ2v) is 6.31. The third-order valence-corrected chi connectivity index (χ3v) is 4.62. The molecule has 1 heterocycles. The Hall–Kier alpha value is -0.820. The maximum absolute atomic E-state index is 2.71. The van der Waals surface area contributed by atoms with Gasteiger partial charge in [0, 0.05) is 12.6 Å². The number of nitrogens with zero attached hydrogens (tertiary/aromatic N) is 1. The van der Waals surface area contributed by atoms with Crippen LogP contribution in [0, 0.1) is 0 Å². The summed E-state index contributed by atoms with van der Waals surface area (Å²) in [5.74, 6) is 0. The third kappa shape index (κ3) is 5.28. The Balaban J connectivity index is 1.66. The second kappa shape index (κ2) is 9.18. The van der Waals surface area contributed by atoms with E-state index in [0.29, 0.717) is 0 Å². The van der Waals surface area contributed by atoms with Crippen molar-refractivity contribution in [1.82, 2.24) is 4.90 Å². The summed E-state index contributed by atoms with van der Waals surface area (Å²) in [7, 11) is 0. The van der Waals surface area contributed by atoms with Gasteiger partial charge in [-0.15, -0.1) is 0 Å². The monoisotopic (exact) mass is 273 g/mol. The predicted molar refractivity (Wildman–Crippen MR) is 87.9 cm³/mol. The van der Waals surface area contributed by atoms with Crippen molar-refractivity contribution in [3.8, 4) is 0 Å². The number of rotatable bonds is 9. The van der Waals surface area contributed by atoms with Gasteiger partial charge in [-0.25, -0.2) is 0 Å². The Bertz CT molecular complexity index is 346. The lowest BCUT2D eigenvalue weighted by Crippen LogP contribution is -2.28. The van der Waals surface area contributed by atoms with Gasteiger partial charge < -0.3 is 0 Å². The molecule has 0 spiro atoms. The average Bonchev–Trinajstić information content (AvgIpc) is 2.91. The first-order valence-corrected chi connectivity index (χ1v) is 8.68. The van der Waals surface area contributed by atoms with Crippen LogP contribution in [-0.2, 0) is 6.54 Å². The Morgan fingerprint density at radius 3 is 2.55 bits per heavy atom. The van der Waals surface area contributed by atoms with Crippen molar-refractivity contribution in [2.75, 3.05) is 6.54 Å². The van der Waals surface area contributed by atoms with Crippen LogP contribution in [0.2, 0.25) is 0 Å². The number of hydrogen-bond acceptors (Lipinski definition) is 1. The number of benzene rings is 1. The van der Waals surface area contributed by atoms with Crippen LogP contribution in [-0.4, -0.2) is 17.5 Å². The standard InChI is InChI=1S/C19H31N/c1-2-3-4-5-6-10-14-19-15-11-16-20(19)17-18-12-8-7-9-13-18/h7-9,12-13,19H,2-6,10-11,14-17H2,1H3. The summed E-state index contributed by atoms with van der Waals surface area (Å²) in [6.07, 6.45) is 12.8. The van der Waals surface area contributed by atoms with Gasteiger partial charge in [-0.2, -0.15) is 0 Å². The molecule has 0 bridgehead atoms. The lowest BCUT2D eigenvalue weighted by atomic mass is 10.0. The molecule has 20 heavy (non-hydrogen) atoms. The molecule has 0 amide bonds. The molecule has 1 atom stereocenters. The van der Waals surface area contributed by atoms with Crippen molar-refractivity contribution in [2.45, 2.75) is 77.3 Å². The van der Waals surface area contributed by atoms with E-state index in [2.05, 4.69) is 42.2 Å². The summed E-state index contributed by atoms with van der Waals surface area (Å²) in [6.45, 7) is 4.75. The summed E-state index contributed by atoms with van der Waals surface area (Å²) in [4.78, 5) is 2.71. The molecule has 0 aromatic heterocycles. The molecule has 1 aliphatic heterocycles. The van der Waals surface area contributed by atoms with Crippen molar-refractivity contribution >= 4 is 0 Å². The van der Waals surface area contributed by atoms with Gasteiger partial charge in [0.1, 0.15) is 0 Å². The summed E-state index contributed by atoms with van der Waals surface area (Å²) in [6, 6.07) is 11.8. The van der Waals surface area contributed by atoms with Gasteiger partial charge >= 0.3 is 0 Å². The largest absolute Gasteiger partial charge is 0.296 e. The minimum Gasteiger partial charge on any atom is -0.296 e. The molecule has 1 fully saturated rings. The molecule has 112 valence electrons. The molecular weight excluding hydrogens is 242 g/mol. The summed E-state index contributed by atoms with van der Waals surface area (Å²) < 4.78 is 0. The van der Waals surface area contributed by atoms with Gasteiger partial charge in [-0.3, -0.25) is 4.90 Å². The summed E-state index contributed by atoms with van der Waals surface area (Å²) in [5.41, 5.74) is 1.47. The van der Waals surface area contributed by atoms with E-state index >= 15 is 0 Å². The van der Waals surface area contributed by atoms with E-state index in [0.717, 1.165) is 12.6 Å². The van der Waals surface area contributed by atoms with Crippen LogP contribution in [0.3, 0.4) is 0 Å². The quantitative estimate of drug-likeness (QED) is 0.544. The van der Waals surface area contributed by atoms with Crippen LogP contribution in [0.5, 0.6) is 0 Å². The molecular formula is C19H31N. The molecule has 0 saturated carbocycles. The molecule has 1 aliphatic rings. The fraction of sp³-hybridized carbons (Fsp3) is 0.684. The van der Waals surface area contributed by atoms with E-state index in [1.54, 1.807) is 0 Å². The van der Waals surface area contributed by atoms with Gasteiger partial charge in [0.05, 0.1) is 0 Å². The zero-order valence-electron chi connectivity index (χ0n) is 13.2. The van der Waals surface area contributed by atoms with Crippen LogP contribution >= 0.6 is 0 Å². The Morgan fingerprint density at radius 2 is 1.75 bits per heavy atom. The number of hydrogen-bond donors (Lipinski definition) is 0. The number of likely N-dealkylation sites (tertiary alicyclic amines) is 1. The smallest absolute Gasteiger partial charge is 0.0236 e. The molecule has 2 rings (SSSR count). The minimum atomic E-state index is 0.849. The predicted octanol–water partition coefficient (Wildman–Crippen LogP) is 5.40. The highest BCUT2D eigenvalue weighted by Gasteiger charge is 2.23. The van der Waals surface area contributed by atoms with Crippen molar-refractivity contribution < 1.29 is 0 Å². The maximum atomic E-state index is 2.71. The average molecular weight is 273 g/mol. The van der Waals surface area contributed by atoms with E-state index in [-0.39, 0.29) is 0 Å². The zero-order valence-corrected chi connectivity index (χ0v) is 13.2. The molecule has 1 heteroatoms. The normalized spacial score (nSPS) is 19.6. The van der Waals surface area contributed by atoms with Gasteiger partial charge in [0.15, 0.2) is 0 Å². The highest BCUT2D eigenvalue weighted by molar-refractivity contribution is 5.14. The molecule has 0 radical (unpaired) electrons. The maximum Gasteiger partial charge on any atom is 0.0236 e. The van der Waals surface area contributed by atoms with E-state index < -0.39 is 0 Å². The summed E-state index contributed by atoms with van der Waals surface area (Å²) in [5, 5.41) is 0. The molecule has 1 aromatic carbocycles. The van der Waals surface area contributed by atoms with Crippen molar-refractivity contribution in [3.05, 3.63) is 35.9 Å². The second-order valence-electron chi connectivity index (χ2n) is 6.31. The Kier molecular flexibility index (Phi) is 7.14. The molecule has 1 nitrogen and oxygen atoms in total. The highest BCUT2D eigenvalue weighted by atomic mass is 15.2. The van der Waals surface area contributed by atoms with Crippen LogP contribution < -0.4 is 0 Å². The third-order valence-electron chi connectivity index (χ3n) is 4.62. The topological polar surface area (TPSA) is 3.24 Å². The van der Waals surface area contributed by atoms with Crippen molar-refractivity contribution in [1.29, 1.82) is 0 Å². The van der Waals surface area contributed by atoms with E-state index in [4.69, 9.17) is 0 Å². The molecule has 0 N–H and O–H groups in total. The fourth-order valence-electron chi connectivity index (χ4n) is 3.41. The van der Waals surface area contributed by atoms with E-state index in [9.17, 15) is 0 Å². The molecule has 1 aromatic rings. The van der Waals surface area contributed by atoms with Crippen LogP contribution in [0.1, 0.15) is 70.3 Å². The molecule has 1 saturated heterocycles. The molecule has 0 aliphatic carbocycles. The van der Waals surface area contributed by atoms with Crippen LogP contribution in [0.4, 0.5) is 0 Å². The Labute approximate surface area is 125 Å². The molecule has 1 unspecified atom stereocenters. The van der Waals surface area contributed by atoms with Gasteiger partial charge in [-0.1, -0.05) is 75.8 Å². The first-order valence-electron chi connectivity index (χ1n) is 8.68. The fourth-order valence-corrected chi connectivity index (χ4v) is 3.41. The minimum absolute atomic E-state index is 0.849. The van der Waals surface area contributed by atoms with Crippen LogP contribution in [0.25, 0.3) is 0 Å². The van der Waals surface area contributed by atoms with Crippen molar-refractivity contribution in [3.63, 3.8) is 0 Å². The SMILES string of the molecule is CCCCCCCCC1CCCN1Cc1ccccc1. The van der Waals surface area contributed by atoms with Crippen molar-refractivity contribution in [2.24, 2.45) is 0 Å².